The van der Waals surface area contributed by atoms with Gasteiger partial charge in [0.2, 0.25) is 5.91 Å². The summed E-state index contributed by atoms with van der Waals surface area (Å²) >= 11 is 0. The lowest BCUT2D eigenvalue weighted by Gasteiger charge is -2.35. The summed E-state index contributed by atoms with van der Waals surface area (Å²) in [5.74, 6) is 1.05. The van der Waals surface area contributed by atoms with Crippen molar-refractivity contribution < 1.29 is 13.6 Å². The standard InChI is InChI=1S/C21H25FN6O2/c1-4-23-21(24-11-19-14(2)17-9-15(22)5-6-18(17)30-19)27-7-8-28(20(29)13-27)16-10-25-26(3)12-16/h5-6,9-10,12H,4,7-8,11,13H2,1-3H3,(H,23,24). The molecular formula is C21H25FN6O2. The monoisotopic (exact) mass is 412 g/mol. The summed E-state index contributed by atoms with van der Waals surface area (Å²) in [6.45, 7) is 6.30. The number of aromatic nitrogens is 2. The van der Waals surface area contributed by atoms with Crippen LogP contribution in [-0.2, 0) is 18.4 Å². The largest absolute Gasteiger partial charge is 0.459 e. The summed E-state index contributed by atoms with van der Waals surface area (Å²) in [6, 6.07) is 4.49. The molecule has 2 aromatic heterocycles. The number of piperazine rings is 1. The molecule has 0 bridgehead atoms. The zero-order valence-corrected chi connectivity index (χ0v) is 17.4. The second-order valence-corrected chi connectivity index (χ2v) is 7.30. The Kier molecular flexibility index (Phi) is 5.43. The maximum absolute atomic E-state index is 13.5. The molecule has 3 aromatic rings. The molecular weight excluding hydrogens is 387 g/mol. The van der Waals surface area contributed by atoms with Crippen molar-refractivity contribution in [3.8, 4) is 0 Å². The fourth-order valence-corrected chi connectivity index (χ4v) is 3.64. The number of halogens is 1. The minimum absolute atomic E-state index is 0.00440. The van der Waals surface area contributed by atoms with E-state index in [1.165, 1.54) is 12.1 Å². The molecule has 30 heavy (non-hydrogen) atoms. The molecule has 1 aliphatic heterocycles. The Bertz CT molecular complexity index is 1100. The van der Waals surface area contributed by atoms with Gasteiger partial charge in [-0.05, 0) is 32.0 Å². The third-order valence-corrected chi connectivity index (χ3v) is 5.23. The highest BCUT2D eigenvalue weighted by atomic mass is 19.1. The van der Waals surface area contributed by atoms with E-state index >= 15 is 0 Å². The van der Waals surface area contributed by atoms with Gasteiger partial charge in [-0.2, -0.15) is 5.10 Å². The third kappa shape index (κ3) is 3.87. The van der Waals surface area contributed by atoms with Crippen molar-refractivity contribution in [1.82, 2.24) is 20.0 Å². The van der Waals surface area contributed by atoms with Gasteiger partial charge in [0.1, 0.15) is 30.3 Å². The molecule has 1 amide bonds. The SMILES string of the molecule is CCNC(=NCc1oc2ccc(F)cc2c1C)N1CCN(c2cnn(C)c2)C(=O)C1. The van der Waals surface area contributed by atoms with E-state index in [9.17, 15) is 9.18 Å². The molecule has 0 saturated carbocycles. The Labute approximate surface area is 174 Å². The number of nitrogens with zero attached hydrogens (tertiary/aromatic N) is 5. The minimum Gasteiger partial charge on any atom is -0.459 e. The van der Waals surface area contributed by atoms with Crippen LogP contribution in [0, 0.1) is 12.7 Å². The fourth-order valence-electron chi connectivity index (χ4n) is 3.64. The van der Waals surface area contributed by atoms with E-state index in [0.717, 1.165) is 16.6 Å². The van der Waals surface area contributed by atoms with Crippen molar-refractivity contribution in [2.75, 3.05) is 31.1 Å². The third-order valence-electron chi connectivity index (χ3n) is 5.23. The molecule has 4 rings (SSSR count). The Morgan fingerprint density at radius 3 is 2.90 bits per heavy atom. The number of hydrogen-bond donors (Lipinski definition) is 1. The Morgan fingerprint density at radius 2 is 2.20 bits per heavy atom. The smallest absolute Gasteiger partial charge is 0.246 e. The van der Waals surface area contributed by atoms with Gasteiger partial charge < -0.3 is 19.5 Å². The summed E-state index contributed by atoms with van der Waals surface area (Å²) in [5, 5.41) is 8.15. The molecule has 1 N–H and O–H groups in total. The molecule has 3 heterocycles. The van der Waals surface area contributed by atoms with Gasteiger partial charge in [0.25, 0.3) is 0 Å². The molecule has 0 aliphatic carbocycles. The van der Waals surface area contributed by atoms with Crippen molar-refractivity contribution in [3.05, 3.63) is 47.7 Å². The van der Waals surface area contributed by atoms with Crippen LogP contribution in [0.25, 0.3) is 11.0 Å². The number of anilines is 1. The van der Waals surface area contributed by atoms with E-state index in [2.05, 4.69) is 15.4 Å². The average molecular weight is 412 g/mol. The molecule has 9 heteroatoms. The van der Waals surface area contributed by atoms with Gasteiger partial charge in [-0.1, -0.05) is 0 Å². The van der Waals surface area contributed by atoms with Gasteiger partial charge in [-0.3, -0.25) is 9.48 Å². The molecule has 8 nitrogen and oxygen atoms in total. The minimum atomic E-state index is -0.292. The highest BCUT2D eigenvalue weighted by Crippen LogP contribution is 2.26. The summed E-state index contributed by atoms with van der Waals surface area (Å²) in [4.78, 5) is 21.1. The van der Waals surface area contributed by atoms with Gasteiger partial charge in [0.05, 0.1) is 11.9 Å². The number of rotatable bonds is 4. The van der Waals surface area contributed by atoms with Gasteiger partial charge in [-0.15, -0.1) is 0 Å². The lowest BCUT2D eigenvalue weighted by Crippen LogP contribution is -2.55. The normalized spacial score (nSPS) is 15.3. The van der Waals surface area contributed by atoms with E-state index in [1.807, 2.05) is 32.0 Å². The average Bonchev–Trinajstić information content (AvgIpc) is 3.28. The van der Waals surface area contributed by atoms with E-state index in [1.54, 1.807) is 21.8 Å². The number of amides is 1. The van der Waals surface area contributed by atoms with Crippen LogP contribution in [0.1, 0.15) is 18.2 Å². The number of hydrogen-bond acceptors (Lipinski definition) is 4. The lowest BCUT2D eigenvalue weighted by atomic mass is 10.1. The molecule has 1 aliphatic rings. The summed E-state index contributed by atoms with van der Waals surface area (Å²) in [6.07, 6.45) is 3.53. The molecule has 0 radical (unpaired) electrons. The van der Waals surface area contributed by atoms with Crippen molar-refractivity contribution in [3.63, 3.8) is 0 Å². The van der Waals surface area contributed by atoms with Crippen LogP contribution < -0.4 is 10.2 Å². The number of fused-ring (bicyclic) bond motifs is 1. The molecule has 0 atom stereocenters. The first-order valence-electron chi connectivity index (χ1n) is 9.96. The molecule has 0 spiro atoms. The molecule has 1 aromatic carbocycles. The van der Waals surface area contributed by atoms with Gasteiger partial charge >= 0.3 is 0 Å². The van der Waals surface area contributed by atoms with Crippen molar-refractivity contribution in [1.29, 1.82) is 0 Å². The number of carbonyl (C=O) groups excluding carboxylic acids is 1. The van der Waals surface area contributed by atoms with Gasteiger partial charge in [0, 0.05) is 43.8 Å². The van der Waals surface area contributed by atoms with Crippen molar-refractivity contribution in [2.24, 2.45) is 12.0 Å². The van der Waals surface area contributed by atoms with Crippen LogP contribution in [-0.4, -0.2) is 52.7 Å². The topological polar surface area (TPSA) is 78.9 Å². The summed E-state index contributed by atoms with van der Waals surface area (Å²) in [7, 11) is 1.83. The lowest BCUT2D eigenvalue weighted by molar-refractivity contribution is -0.120. The fraction of sp³-hybridized carbons (Fsp3) is 0.381. The van der Waals surface area contributed by atoms with Crippen LogP contribution in [0.5, 0.6) is 0 Å². The zero-order chi connectivity index (χ0) is 21.3. The number of aliphatic imine (C=N–C) groups is 1. The summed E-state index contributed by atoms with van der Waals surface area (Å²) in [5.41, 5.74) is 2.32. The molecule has 1 fully saturated rings. The second kappa shape index (κ2) is 8.17. The Morgan fingerprint density at radius 1 is 1.37 bits per heavy atom. The number of aryl methyl sites for hydroxylation is 2. The molecule has 0 unspecified atom stereocenters. The number of guanidine groups is 1. The first kappa shape index (κ1) is 19.9. The molecule has 158 valence electrons. The van der Waals surface area contributed by atoms with E-state index in [0.29, 0.717) is 43.5 Å². The van der Waals surface area contributed by atoms with E-state index < -0.39 is 0 Å². The van der Waals surface area contributed by atoms with Crippen LogP contribution in [0.4, 0.5) is 10.1 Å². The highest BCUT2D eigenvalue weighted by Gasteiger charge is 2.27. The quantitative estimate of drug-likeness (QED) is 0.526. The highest BCUT2D eigenvalue weighted by molar-refractivity contribution is 5.98. The van der Waals surface area contributed by atoms with Gasteiger partial charge in [-0.25, -0.2) is 9.38 Å². The maximum atomic E-state index is 13.5. The Balaban J connectivity index is 1.51. The molecule has 1 saturated heterocycles. The first-order chi connectivity index (χ1) is 14.5. The number of furan rings is 1. The maximum Gasteiger partial charge on any atom is 0.246 e. The Hall–Kier alpha value is -3.36. The van der Waals surface area contributed by atoms with Crippen molar-refractivity contribution >= 4 is 28.5 Å². The summed E-state index contributed by atoms with van der Waals surface area (Å²) < 4.78 is 21.1. The second-order valence-electron chi connectivity index (χ2n) is 7.30. The predicted molar refractivity (Wildman–Crippen MR) is 113 cm³/mol. The number of carbonyl (C=O) groups is 1. The van der Waals surface area contributed by atoms with Crippen LogP contribution in [0.15, 0.2) is 40.0 Å². The van der Waals surface area contributed by atoms with E-state index in [-0.39, 0.29) is 18.3 Å². The number of nitrogens with one attached hydrogen (secondary N) is 1. The first-order valence-corrected chi connectivity index (χ1v) is 9.96. The van der Waals surface area contributed by atoms with Gasteiger partial charge in [0.15, 0.2) is 5.96 Å². The van der Waals surface area contributed by atoms with Crippen LogP contribution >= 0.6 is 0 Å². The zero-order valence-electron chi connectivity index (χ0n) is 17.4. The number of benzene rings is 1. The van der Waals surface area contributed by atoms with E-state index in [4.69, 9.17) is 4.42 Å². The van der Waals surface area contributed by atoms with Crippen LogP contribution in [0.2, 0.25) is 0 Å². The van der Waals surface area contributed by atoms with Crippen molar-refractivity contribution in [2.45, 2.75) is 20.4 Å². The predicted octanol–water partition coefficient (Wildman–Crippen LogP) is 2.43. The van der Waals surface area contributed by atoms with Crippen LogP contribution in [0.3, 0.4) is 0 Å².